The standard InChI is InChI=1S/C13H18N2O3/c1-9-7-10(2)11(14-8-9)13(18)3-5-15(6-4-13)12(16)17/h7-8,18H,3-6H2,1-2H3,(H,16,17). The van der Waals surface area contributed by atoms with Crippen molar-refractivity contribution in [2.75, 3.05) is 13.1 Å². The number of hydrogen-bond donors (Lipinski definition) is 2. The van der Waals surface area contributed by atoms with Crippen LogP contribution < -0.4 is 0 Å². The van der Waals surface area contributed by atoms with Crippen LogP contribution in [-0.4, -0.2) is 39.3 Å². The average molecular weight is 250 g/mol. The fraction of sp³-hybridized carbons (Fsp3) is 0.538. The number of rotatable bonds is 1. The first-order chi connectivity index (χ1) is 8.42. The van der Waals surface area contributed by atoms with Crippen molar-refractivity contribution in [2.24, 2.45) is 0 Å². The Balaban J connectivity index is 2.20. The number of piperidine rings is 1. The van der Waals surface area contributed by atoms with Crippen LogP contribution >= 0.6 is 0 Å². The normalized spacial score (nSPS) is 18.7. The van der Waals surface area contributed by atoms with E-state index in [-0.39, 0.29) is 0 Å². The van der Waals surface area contributed by atoms with Crippen molar-refractivity contribution in [1.82, 2.24) is 9.88 Å². The number of aliphatic hydroxyl groups is 1. The number of likely N-dealkylation sites (tertiary alicyclic amines) is 1. The third-order valence-corrected chi connectivity index (χ3v) is 3.52. The zero-order chi connectivity index (χ0) is 13.3. The SMILES string of the molecule is Cc1cnc(C2(O)CCN(C(=O)O)CC2)c(C)c1. The molecule has 0 aromatic carbocycles. The summed E-state index contributed by atoms with van der Waals surface area (Å²) in [5, 5.41) is 19.5. The lowest BCUT2D eigenvalue weighted by atomic mass is 9.85. The fourth-order valence-corrected chi connectivity index (χ4v) is 2.51. The lowest BCUT2D eigenvalue weighted by molar-refractivity contribution is -0.0252. The highest BCUT2D eigenvalue weighted by Crippen LogP contribution is 2.33. The summed E-state index contributed by atoms with van der Waals surface area (Å²) in [4.78, 5) is 16.5. The molecule has 2 N–H and O–H groups in total. The Labute approximate surface area is 106 Å². The van der Waals surface area contributed by atoms with Crippen molar-refractivity contribution >= 4 is 6.09 Å². The van der Waals surface area contributed by atoms with Gasteiger partial charge in [0, 0.05) is 19.3 Å². The molecule has 2 heterocycles. The predicted octanol–water partition coefficient (Wildman–Crippen LogP) is 1.66. The number of amides is 1. The first kappa shape index (κ1) is 12.8. The summed E-state index contributed by atoms with van der Waals surface area (Å²) < 4.78 is 0. The molecule has 2 rings (SSSR count). The lowest BCUT2D eigenvalue weighted by Gasteiger charge is -2.37. The van der Waals surface area contributed by atoms with Crippen molar-refractivity contribution in [3.05, 3.63) is 29.1 Å². The predicted molar refractivity (Wildman–Crippen MR) is 66.4 cm³/mol. The summed E-state index contributed by atoms with van der Waals surface area (Å²) in [6.07, 6.45) is 1.61. The molecule has 1 aromatic rings. The van der Waals surface area contributed by atoms with Gasteiger partial charge in [-0.05, 0) is 37.8 Å². The van der Waals surface area contributed by atoms with Gasteiger partial charge in [0.25, 0.3) is 0 Å². The summed E-state index contributed by atoms with van der Waals surface area (Å²) in [7, 11) is 0. The van der Waals surface area contributed by atoms with Gasteiger partial charge in [-0.2, -0.15) is 0 Å². The summed E-state index contributed by atoms with van der Waals surface area (Å²) in [6.45, 7) is 4.58. The van der Waals surface area contributed by atoms with Crippen molar-refractivity contribution in [2.45, 2.75) is 32.3 Å². The van der Waals surface area contributed by atoms with Crippen molar-refractivity contribution in [3.63, 3.8) is 0 Å². The number of aromatic nitrogens is 1. The topological polar surface area (TPSA) is 73.7 Å². The van der Waals surface area contributed by atoms with Crippen LogP contribution in [0.4, 0.5) is 4.79 Å². The molecule has 0 bridgehead atoms. The van der Waals surface area contributed by atoms with E-state index in [1.54, 1.807) is 6.20 Å². The summed E-state index contributed by atoms with van der Waals surface area (Å²) in [5.74, 6) is 0. The smallest absolute Gasteiger partial charge is 0.407 e. The van der Waals surface area contributed by atoms with Crippen LogP contribution in [0.2, 0.25) is 0 Å². The highest BCUT2D eigenvalue weighted by atomic mass is 16.4. The molecule has 0 unspecified atom stereocenters. The van der Waals surface area contributed by atoms with Gasteiger partial charge >= 0.3 is 6.09 Å². The number of nitrogens with zero attached hydrogens (tertiary/aromatic N) is 2. The van der Waals surface area contributed by atoms with E-state index < -0.39 is 11.7 Å². The third-order valence-electron chi connectivity index (χ3n) is 3.52. The molecule has 1 saturated heterocycles. The molecule has 0 spiro atoms. The van der Waals surface area contributed by atoms with E-state index in [4.69, 9.17) is 5.11 Å². The quantitative estimate of drug-likeness (QED) is 0.795. The molecule has 1 fully saturated rings. The molecule has 1 amide bonds. The van der Waals surface area contributed by atoms with Gasteiger partial charge in [-0.25, -0.2) is 4.79 Å². The molecular weight excluding hydrogens is 232 g/mol. The molecule has 0 radical (unpaired) electrons. The molecule has 0 atom stereocenters. The Kier molecular flexibility index (Phi) is 3.26. The van der Waals surface area contributed by atoms with Gasteiger partial charge in [0.15, 0.2) is 0 Å². The number of pyridine rings is 1. The largest absolute Gasteiger partial charge is 0.465 e. The maximum atomic E-state index is 10.8. The van der Waals surface area contributed by atoms with Gasteiger partial charge in [0.2, 0.25) is 0 Å². The number of aryl methyl sites for hydroxylation is 2. The molecule has 5 heteroatoms. The Morgan fingerprint density at radius 2 is 2.00 bits per heavy atom. The highest BCUT2D eigenvalue weighted by Gasteiger charge is 2.37. The van der Waals surface area contributed by atoms with Crippen LogP contribution in [0.3, 0.4) is 0 Å². The zero-order valence-corrected chi connectivity index (χ0v) is 10.7. The minimum Gasteiger partial charge on any atom is -0.465 e. The van der Waals surface area contributed by atoms with Gasteiger partial charge in [-0.1, -0.05) is 6.07 Å². The number of carbonyl (C=O) groups is 1. The lowest BCUT2D eigenvalue weighted by Crippen LogP contribution is -2.45. The van der Waals surface area contributed by atoms with Gasteiger partial charge in [-0.15, -0.1) is 0 Å². The molecule has 1 aromatic heterocycles. The Hall–Kier alpha value is -1.62. The molecule has 5 nitrogen and oxygen atoms in total. The Morgan fingerprint density at radius 3 is 2.50 bits per heavy atom. The fourth-order valence-electron chi connectivity index (χ4n) is 2.51. The molecule has 0 saturated carbocycles. The minimum absolute atomic E-state index is 0.348. The zero-order valence-electron chi connectivity index (χ0n) is 10.7. The summed E-state index contributed by atoms with van der Waals surface area (Å²) in [5.41, 5.74) is 1.70. The van der Waals surface area contributed by atoms with E-state index >= 15 is 0 Å². The Bertz CT molecular complexity index is 465. The molecule has 1 aliphatic rings. The van der Waals surface area contributed by atoms with Gasteiger partial charge in [0.05, 0.1) is 5.69 Å². The van der Waals surface area contributed by atoms with E-state index in [9.17, 15) is 9.90 Å². The molecule has 18 heavy (non-hydrogen) atoms. The second kappa shape index (κ2) is 4.57. The van der Waals surface area contributed by atoms with Crippen LogP contribution in [-0.2, 0) is 5.60 Å². The minimum atomic E-state index is -0.996. The van der Waals surface area contributed by atoms with Gasteiger partial charge in [-0.3, -0.25) is 4.98 Å². The van der Waals surface area contributed by atoms with Gasteiger partial charge < -0.3 is 15.1 Å². The highest BCUT2D eigenvalue weighted by molar-refractivity contribution is 5.65. The van der Waals surface area contributed by atoms with Crippen LogP contribution in [0.25, 0.3) is 0 Å². The van der Waals surface area contributed by atoms with Crippen molar-refractivity contribution < 1.29 is 15.0 Å². The third kappa shape index (κ3) is 2.31. The van der Waals surface area contributed by atoms with Crippen molar-refractivity contribution in [1.29, 1.82) is 0 Å². The number of carboxylic acid groups (broad SMARTS) is 1. The van der Waals surface area contributed by atoms with Crippen LogP contribution in [0, 0.1) is 13.8 Å². The van der Waals surface area contributed by atoms with Crippen LogP contribution in [0.1, 0.15) is 29.7 Å². The van der Waals surface area contributed by atoms with Gasteiger partial charge in [0.1, 0.15) is 5.60 Å². The van der Waals surface area contributed by atoms with E-state index in [1.807, 2.05) is 19.9 Å². The molecule has 0 aliphatic carbocycles. The van der Waals surface area contributed by atoms with Crippen LogP contribution in [0.5, 0.6) is 0 Å². The van der Waals surface area contributed by atoms with E-state index in [0.717, 1.165) is 11.1 Å². The maximum Gasteiger partial charge on any atom is 0.407 e. The van der Waals surface area contributed by atoms with E-state index in [1.165, 1.54) is 4.90 Å². The average Bonchev–Trinajstić information content (AvgIpc) is 2.29. The molecule has 1 aliphatic heterocycles. The summed E-state index contributed by atoms with van der Waals surface area (Å²) >= 11 is 0. The molecule has 98 valence electrons. The van der Waals surface area contributed by atoms with E-state index in [2.05, 4.69) is 4.98 Å². The van der Waals surface area contributed by atoms with Crippen molar-refractivity contribution in [3.8, 4) is 0 Å². The maximum absolute atomic E-state index is 10.8. The monoisotopic (exact) mass is 250 g/mol. The molecular formula is C13H18N2O3. The second-order valence-corrected chi connectivity index (χ2v) is 4.98. The van der Waals surface area contributed by atoms with E-state index in [0.29, 0.717) is 31.6 Å². The summed E-state index contributed by atoms with van der Waals surface area (Å²) in [6, 6.07) is 1.99. The first-order valence-electron chi connectivity index (χ1n) is 6.06. The Morgan fingerprint density at radius 1 is 1.39 bits per heavy atom. The second-order valence-electron chi connectivity index (χ2n) is 4.98. The first-order valence-corrected chi connectivity index (χ1v) is 6.06. The number of hydrogen-bond acceptors (Lipinski definition) is 3. The van der Waals surface area contributed by atoms with Crippen LogP contribution in [0.15, 0.2) is 12.3 Å².